The van der Waals surface area contributed by atoms with E-state index in [1.807, 2.05) is 0 Å². The van der Waals surface area contributed by atoms with Gasteiger partial charge in [0.05, 0.1) is 18.8 Å². The van der Waals surface area contributed by atoms with Crippen molar-refractivity contribution in [1.82, 2.24) is 25.9 Å². The third-order valence-corrected chi connectivity index (χ3v) is 5.58. The molecule has 0 saturated carbocycles. The highest BCUT2D eigenvalue weighted by Gasteiger charge is 2.32. The highest BCUT2D eigenvalue weighted by atomic mass is 16.4. The van der Waals surface area contributed by atoms with Gasteiger partial charge in [-0.1, -0.05) is 26.0 Å². The van der Waals surface area contributed by atoms with Crippen molar-refractivity contribution in [2.24, 2.45) is 11.7 Å². The molecule has 206 valence electrons. The van der Waals surface area contributed by atoms with E-state index in [2.05, 4.69) is 25.9 Å². The van der Waals surface area contributed by atoms with E-state index in [4.69, 9.17) is 5.73 Å². The number of benzene rings is 1. The molecule has 1 aromatic heterocycles. The van der Waals surface area contributed by atoms with Crippen molar-refractivity contribution in [1.29, 1.82) is 0 Å². The molecular weight excluding hydrogens is 500 g/mol. The first kappa shape index (κ1) is 29.8. The molecule has 0 spiro atoms. The van der Waals surface area contributed by atoms with Gasteiger partial charge in [-0.25, -0.2) is 9.78 Å². The number of H-pyrrole nitrogens is 1. The lowest BCUT2D eigenvalue weighted by Crippen LogP contribution is -2.58. The number of imidazole rings is 1. The molecule has 4 unspecified atom stereocenters. The van der Waals surface area contributed by atoms with E-state index in [0.29, 0.717) is 11.3 Å². The summed E-state index contributed by atoms with van der Waals surface area (Å²) in [5.41, 5.74) is 6.95. The number of carbonyl (C=O) groups excluding carboxylic acids is 3. The van der Waals surface area contributed by atoms with E-state index in [1.165, 1.54) is 36.8 Å². The molecule has 0 saturated heterocycles. The van der Waals surface area contributed by atoms with Crippen molar-refractivity contribution in [3.8, 4) is 5.75 Å². The number of rotatable bonds is 14. The number of aromatic amines is 1. The van der Waals surface area contributed by atoms with Crippen molar-refractivity contribution in [3.63, 3.8) is 0 Å². The highest BCUT2D eigenvalue weighted by molar-refractivity contribution is 5.95. The zero-order valence-corrected chi connectivity index (χ0v) is 20.9. The minimum Gasteiger partial charge on any atom is -0.508 e. The normalized spacial score (nSPS) is 14.1. The van der Waals surface area contributed by atoms with Crippen LogP contribution in [0.15, 0.2) is 36.8 Å². The van der Waals surface area contributed by atoms with Crippen LogP contribution in [0.2, 0.25) is 0 Å². The third-order valence-electron chi connectivity index (χ3n) is 5.58. The second kappa shape index (κ2) is 13.7. The Morgan fingerprint density at radius 1 is 0.921 bits per heavy atom. The molecule has 14 nitrogen and oxygen atoms in total. The largest absolute Gasteiger partial charge is 0.508 e. The Balaban J connectivity index is 2.22. The van der Waals surface area contributed by atoms with Gasteiger partial charge in [0.15, 0.2) is 0 Å². The standard InChI is InChI=1S/C24H32N6O8/c1-12(2)20(24(37)38)30-23(36)17(7-13-3-5-15(31)6-4-13)29-22(35)18(9-19(32)33)28-21(34)16(25)8-14-10-26-11-27-14/h3-6,10-12,16-18,20,31H,7-9,25H2,1-2H3,(H,26,27)(H,28,34)(H,29,35)(H,30,36)(H,32,33)(H,37,38). The van der Waals surface area contributed by atoms with Crippen LogP contribution in [0, 0.1) is 5.92 Å². The lowest BCUT2D eigenvalue weighted by Gasteiger charge is -2.25. The van der Waals surface area contributed by atoms with Crippen molar-refractivity contribution >= 4 is 29.7 Å². The number of aliphatic carboxylic acids is 2. The van der Waals surface area contributed by atoms with E-state index >= 15 is 0 Å². The summed E-state index contributed by atoms with van der Waals surface area (Å²) < 4.78 is 0. The average Bonchev–Trinajstić information content (AvgIpc) is 3.35. The fourth-order valence-corrected chi connectivity index (χ4v) is 3.51. The lowest BCUT2D eigenvalue weighted by molar-refractivity contribution is -0.144. The maximum Gasteiger partial charge on any atom is 0.326 e. The first-order chi connectivity index (χ1) is 17.9. The summed E-state index contributed by atoms with van der Waals surface area (Å²) in [5, 5.41) is 35.4. The molecule has 3 amide bonds. The minimum absolute atomic E-state index is 0.0276. The second-order valence-electron chi connectivity index (χ2n) is 9.05. The van der Waals surface area contributed by atoms with Crippen molar-refractivity contribution in [2.75, 3.05) is 0 Å². The zero-order chi connectivity index (χ0) is 28.4. The first-order valence-corrected chi connectivity index (χ1v) is 11.7. The number of hydrogen-bond acceptors (Lipinski definition) is 8. The number of phenolic OH excluding ortho intramolecular Hbond substituents is 1. The number of phenols is 1. The lowest BCUT2D eigenvalue weighted by atomic mass is 10.0. The Bertz CT molecular complexity index is 1120. The average molecular weight is 533 g/mol. The van der Waals surface area contributed by atoms with Gasteiger partial charge in [-0.3, -0.25) is 19.2 Å². The van der Waals surface area contributed by atoms with E-state index in [1.54, 1.807) is 13.8 Å². The van der Waals surface area contributed by atoms with E-state index in [0.717, 1.165) is 0 Å². The molecule has 4 atom stereocenters. The smallest absolute Gasteiger partial charge is 0.326 e. The van der Waals surface area contributed by atoms with E-state index in [9.17, 15) is 39.3 Å². The van der Waals surface area contributed by atoms with Crippen molar-refractivity contribution < 1.29 is 39.3 Å². The number of carboxylic acids is 2. The summed E-state index contributed by atoms with van der Waals surface area (Å²) in [4.78, 5) is 68.3. The van der Waals surface area contributed by atoms with Crippen LogP contribution in [-0.2, 0) is 36.8 Å². The highest BCUT2D eigenvalue weighted by Crippen LogP contribution is 2.12. The molecule has 9 N–H and O–H groups in total. The summed E-state index contributed by atoms with van der Waals surface area (Å²) in [6.07, 6.45) is 1.99. The van der Waals surface area contributed by atoms with Gasteiger partial charge in [-0.15, -0.1) is 0 Å². The number of nitrogens with two attached hydrogens (primary N) is 1. The number of nitrogens with zero attached hydrogens (tertiary/aromatic N) is 1. The third kappa shape index (κ3) is 9.20. The summed E-state index contributed by atoms with van der Waals surface area (Å²) in [6, 6.07) is 0.453. The van der Waals surface area contributed by atoms with Gasteiger partial charge >= 0.3 is 11.9 Å². The maximum atomic E-state index is 13.1. The number of hydrogen-bond donors (Lipinski definition) is 8. The van der Waals surface area contributed by atoms with Crippen LogP contribution in [0.4, 0.5) is 0 Å². The number of aromatic hydroxyl groups is 1. The van der Waals surface area contributed by atoms with Crippen molar-refractivity contribution in [2.45, 2.75) is 57.3 Å². The van der Waals surface area contributed by atoms with E-state index < -0.39 is 66.2 Å². The van der Waals surface area contributed by atoms with Crippen LogP contribution in [0.3, 0.4) is 0 Å². The topological polar surface area (TPSA) is 237 Å². The zero-order valence-electron chi connectivity index (χ0n) is 20.9. The molecule has 2 rings (SSSR count). The number of carboxylic acid groups (broad SMARTS) is 2. The van der Waals surface area contributed by atoms with Crippen LogP contribution in [-0.4, -0.2) is 79.1 Å². The van der Waals surface area contributed by atoms with Gasteiger partial charge in [-0.2, -0.15) is 0 Å². The van der Waals surface area contributed by atoms with Gasteiger partial charge in [-0.05, 0) is 23.6 Å². The summed E-state index contributed by atoms with van der Waals surface area (Å²) in [6.45, 7) is 3.19. The Kier molecular flexibility index (Phi) is 10.8. The fraction of sp³-hybridized carbons (Fsp3) is 0.417. The first-order valence-electron chi connectivity index (χ1n) is 11.7. The van der Waals surface area contributed by atoms with Crippen LogP contribution in [0.25, 0.3) is 0 Å². The number of nitrogens with one attached hydrogen (secondary N) is 4. The molecule has 0 aliphatic carbocycles. The molecule has 0 fully saturated rings. The van der Waals surface area contributed by atoms with Gasteiger partial charge in [0, 0.05) is 24.7 Å². The Hall–Kier alpha value is -4.46. The SMILES string of the molecule is CC(C)C(NC(=O)C(Cc1ccc(O)cc1)NC(=O)C(CC(=O)O)NC(=O)C(N)Cc1cnc[nH]1)C(=O)O. The number of carbonyl (C=O) groups is 5. The number of amides is 3. The summed E-state index contributed by atoms with van der Waals surface area (Å²) >= 11 is 0. The molecule has 0 radical (unpaired) electrons. The predicted molar refractivity (Wildman–Crippen MR) is 133 cm³/mol. The van der Waals surface area contributed by atoms with Gasteiger partial charge in [0.1, 0.15) is 23.9 Å². The molecule has 2 aromatic rings. The summed E-state index contributed by atoms with van der Waals surface area (Å²) in [7, 11) is 0. The monoisotopic (exact) mass is 532 g/mol. The Morgan fingerprint density at radius 3 is 2.05 bits per heavy atom. The summed E-state index contributed by atoms with van der Waals surface area (Å²) in [5.74, 6) is -5.78. The van der Waals surface area contributed by atoms with Gasteiger partial charge in [0.2, 0.25) is 17.7 Å². The molecule has 1 aromatic carbocycles. The molecule has 0 bridgehead atoms. The van der Waals surface area contributed by atoms with Gasteiger partial charge in [0.25, 0.3) is 0 Å². The second-order valence-corrected chi connectivity index (χ2v) is 9.05. The molecule has 38 heavy (non-hydrogen) atoms. The van der Waals surface area contributed by atoms with Crippen LogP contribution < -0.4 is 21.7 Å². The minimum atomic E-state index is -1.58. The van der Waals surface area contributed by atoms with Crippen molar-refractivity contribution in [3.05, 3.63) is 48.0 Å². The predicted octanol–water partition coefficient (Wildman–Crippen LogP) is -1.10. The molecular formula is C24H32N6O8. The molecule has 1 heterocycles. The van der Waals surface area contributed by atoms with Gasteiger partial charge < -0.3 is 42.0 Å². The van der Waals surface area contributed by atoms with E-state index in [-0.39, 0.29) is 18.6 Å². The molecule has 0 aliphatic rings. The van der Waals surface area contributed by atoms with Crippen LogP contribution in [0.1, 0.15) is 31.5 Å². The van der Waals surface area contributed by atoms with Crippen LogP contribution in [0.5, 0.6) is 5.75 Å². The fourth-order valence-electron chi connectivity index (χ4n) is 3.51. The van der Waals surface area contributed by atoms with Crippen LogP contribution >= 0.6 is 0 Å². The molecule has 0 aliphatic heterocycles. The maximum absolute atomic E-state index is 13.1. The Labute approximate surface area is 218 Å². The quantitative estimate of drug-likeness (QED) is 0.146. The number of aromatic nitrogens is 2. The Morgan fingerprint density at radius 2 is 1.53 bits per heavy atom. The molecule has 14 heteroatoms.